The van der Waals surface area contributed by atoms with Crippen LogP contribution in [0.4, 0.5) is 17.1 Å². The molecule has 0 fully saturated rings. The highest BCUT2D eigenvalue weighted by atomic mass is 35.5. The molecule has 4 N–H and O–H groups in total. The lowest BCUT2D eigenvalue weighted by Gasteiger charge is -2.13. The monoisotopic (exact) mass is 296 g/mol. The van der Waals surface area contributed by atoms with Gasteiger partial charge in [0.2, 0.25) is 0 Å². The number of benzene rings is 2. The topological polar surface area (TPSA) is 75.4 Å². The maximum absolute atomic E-state index is 11.2. The van der Waals surface area contributed by atoms with Crippen molar-refractivity contribution in [1.29, 1.82) is 0 Å². The minimum atomic E-state index is -1.08. The van der Waals surface area contributed by atoms with Crippen LogP contribution in [0, 0.1) is 0 Å². The molecule has 6 heteroatoms. The molecule has 0 saturated carbocycles. The maximum atomic E-state index is 11.2. The van der Waals surface area contributed by atoms with E-state index in [1.54, 1.807) is 30.3 Å². The molecule has 98 valence electrons. The number of nitrogen functional groups attached to an aromatic ring is 1. The Morgan fingerprint density at radius 2 is 1.95 bits per heavy atom. The van der Waals surface area contributed by atoms with Crippen molar-refractivity contribution >= 4 is 46.2 Å². The fraction of sp³-hybridized carbons (Fsp3) is 0. The first-order chi connectivity index (χ1) is 8.99. The van der Waals surface area contributed by atoms with Crippen LogP contribution < -0.4 is 11.1 Å². The number of nitrogens with two attached hydrogens (primary N) is 1. The predicted octanol–water partition coefficient (Wildman–Crippen LogP) is 4.02. The van der Waals surface area contributed by atoms with Gasteiger partial charge >= 0.3 is 5.97 Å². The average molecular weight is 297 g/mol. The number of nitrogens with one attached hydrogen (secondary N) is 1. The van der Waals surface area contributed by atoms with Crippen molar-refractivity contribution in [1.82, 2.24) is 0 Å². The molecule has 19 heavy (non-hydrogen) atoms. The maximum Gasteiger partial charge on any atom is 0.337 e. The summed E-state index contributed by atoms with van der Waals surface area (Å²) in [6, 6.07) is 9.49. The second kappa shape index (κ2) is 5.38. The van der Waals surface area contributed by atoms with Gasteiger partial charge < -0.3 is 16.2 Å². The number of carbonyl (C=O) groups is 1. The SMILES string of the molecule is Nc1cccc(C(=O)O)c1Nc1cc(Cl)ccc1Cl. The molecular formula is C13H10Cl2N2O2. The molecule has 0 unspecified atom stereocenters. The molecule has 2 aromatic rings. The van der Waals surface area contributed by atoms with Gasteiger partial charge in [0.05, 0.1) is 27.6 Å². The molecule has 0 spiro atoms. The van der Waals surface area contributed by atoms with E-state index in [2.05, 4.69) is 5.32 Å². The van der Waals surface area contributed by atoms with Gasteiger partial charge in [-0.1, -0.05) is 29.3 Å². The van der Waals surface area contributed by atoms with E-state index in [-0.39, 0.29) is 5.56 Å². The highest BCUT2D eigenvalue weighted by Gasteiger charge is 2.14. The van der Waals surface area contributed by atoms with Crippen LogP contribution in [-0.4, -0.2) is 11.1 Å². The number of carboxylic acid groups (broad SMARTS) is 1. The Kier molecular flexibility index (Phi) is 3.83. The second-order valence-electron chi connectivity index (χ2n) is 3.82. The van der Waals surface area contributed by atoms with Crippen LogP contribution in [0.2, 0.25) is 10.0 Å². The van der Waals surface area contributed by atoms with Crippen LogP contribution in [0.1, 0.15) is 10.4 Å². The quantitative estimate of drug-likeness (QED) is 0.748. The highest BCUT2D eigenvalue weighted by Crippen LogP contribution is 2.32. The Balaban J connectivity index is 2.49. The molecule has 0 saturated heterocycles. The molecule has 0 atom stereocenters. The van der Waals surface area contributed by atoms with Crippen LogP contribution >= 0.6 is 23.2 Å². The molecule has 0 radical (unpaired) electrons. The first-order valence-corrected chi connectivity index (χ1v) is 6.08. The van der Waals surface area contributed by atoms with Gasteiger partial charge in [0.25, 0.3) is 0 Å². The van der Waals surface area contributed by atoms with Crippen LogP contribution in [0.25, 0.3) is 0 Å². The van der Waals surface area contributed by atoms with Gasteiger partial charge in [-0.05, 0) is 30.3 Å². The number of rotatable bonds is 3. The van der Waals surface area contributed by atoms with Crippen LogP contribution in [0.3, 0.4) is 0 Å². The fourth-order valence-electron chi connectivity index (χ4n) is 1.62. The average Bonchev–Trinajstić information content (AvgIpc) is 2.35. The minimum Gasteiger partial charge on any atom is -0.478 e. The van der Waals surface area contributed by atoms with E-state index in [9.17, 15) is 4.79 Å². The summed E-state index contributed by atoms with van der Waals surface area (Å²) in [5, 5.41) is 13.0. The molecule has 0 amide bonds. The molecule has 0 aliphatic heterocycles. The van der Waals surface area contributed by atoms with E-state index in [1.807, 2.05) is 0 Å². The second-order valence-corrected chi connectivity index (χ2v) is 4.67. The molecule has 0 aromatic heterocycles. The molecule has 0 aliphatic carbocycles. The van der Waals surface area contributed by atoms with Crippen molar-refractivity contribution in [2.45, 2.75) is 0 Å². The van der Waals surface area contributed by atoms with Crippen LogP contribution in [0.15, 0.2) is 36.4 Å². The molecule has 0 aliphatic rings. The molecule has 2 aromatic carbocycles. The smallest absolute Gasteiger partial charge is 0.337 e. The zero-order valence-electron chi connectivity index (χ0n) is 9.65. The molecule has 0 heterocycles. The summed E-state index contributed by atoms with van der Waals surface area (Å²) in [4.78, 5) is 11.2. The van der Waals surface area contributed by atoms with E-state index in [0.717, 1.165) is 0 Å². The van der Waals surface area contributed by atoms with Gasteiger partial charge in [-0.25, -0.2) is 4.79 Å². The molecule has 2 rings (SSSR count). The molecular weight excluding hydrogens is 287 g/mol. The van der Waals surface area contributed by atoms with Gasteiger partial charge in [0.15, 0.2) is 0 Å². The predicted molar refractivity (Wildman–Crippen MR) is 77.6 cm³/mol. The van der Waals surface area contributed by atoms with Gasteiger partial charge in [-0.2, -0.15) is 0 Å². The third-order valence-corrected chi connectivity index (χ3v) is 3.08. The van der Waals surface area contributed by atoms with Gasteiger partial charge in [-0.3, -0.25) is 0 Å². The summed E-state index contributed by atoms with van der Waals surface area (Å²) in [5.74, 6) is -1.08. The number of hydrogen-bond donors (Lipinski definition) is 3. The van der Waals surface area contributed by atoms with E-state index in [1.165, 1.54) is 6.07 Å². The summed E-state index contributed by atoms with van der Waals surface area (Å²) < 4.78 is 0. The summed E-state index contributed by atoms with van der Waals surface area (Å²) in [5.41, 5.74) is 6.96. The first-order valence-electron chi connectivity index (χ1n) is 5.33. The number of aromatic carboxylic acids is 1. The van der Waals surface area contributed by atoms with Crippen molar-refractivity contribution in [3.8, 4) is 0 Å². The zero-order chi connectivity index (χ0) is 14.0. The summed E-state index contributed by atoms with van der Waals surface area (Å²) in [6.45, 7) is 0. The number of carboxylic acids is 1. The van der Waals surface area contributed by atoms with Crippen molar-refractivity contribution < 1.29 is 9.90 Å². The van der Waals surface area contributed by atoms with Crippen molar-refractivity contribution in [2.75, 3.05) is 11.1 Å². The van der Waals surface area contributed by atoms with E-state index >= 15 is 0 Å². The van der Waals surface area contributed by atoms with E-state index in [4.69, 9.17) is 34.0 Å². The van der Waals surface area contributed by atoms with Crippen LogP contribution in [0.5, 0.6) is 0 Å². The third kappa shape index (κ3) is 2.92. The van der Waals surface area contributed by atoms with Gasteiger partial charge in [0.1, 0.15) is 0 Å². The number of halogens is 2. The third-order valence-electron chi connectivity index (χ3n) is 2.52. The standard InChI is InChI=1S/C13H10Cl2N2O2/c14-7-4-5-9(15)11(6-7)17-12-8(13(18)19)2-1-3-10(12)16/h1-6,17H,16H2,(H,18,19). The number of hydrogen-bond acceptors (Lipinski definition) is 3. The van der Waals surface area contributed by atoms with Gasteiger partial charge in [-0.15, -0.1) is 0 Å². The van der Waals surface area contributed by atoms with Crippen molar-refractivity contribution in [3.05, 3.63) is 52.0 Å². The number of anilines is 3. The normalized spacial score (nSPS) is 10.2. The first kappa shape index (κ1) is 13.5. The van der Waals surface area contributed by atoms with E-state index < -0.39 is 5.97 Å². The van der Waals surface area contributed by atoms with E-state index in [0.29, 0.717) is 27.1 Å². The van der Waals surface area contributed by atoms with Crippen LogP contribution in [-0.2, 0) is 0 Å². The minimum absolute atomic E-state index is 0.0658. The Hall–Kier alpha value is -1.91. The number of para-hydroxylation sites is 1. The lowest BCUT2D eigenvalue weighted by atomic mass is 10.1. The Bertz CT molecular complexity index is 645. The molecule has 4 nitrogen and oxygen atoms in total. The summed E-state index contributed by atoms with van der Waals surface area (Å²) >= 11 is 11.9. The van der Waals surface area contributed by atoms with Gasteiger partial charge in [0, 0.05) is 5.02 Å². The Labute approximate surface area is 119 Å². The van der Waals surface area contributed by atoms with Crippen molar-refractivity contribution in [2.24, 2.45) is 0 Å². The largest absolute Gasteiger partial charge is 0.478 e. The summed E-state index contributed by atoms with van der Waals surface area (Å²) in [6.07, 6.45) is 0. The zero-order valence-corrected chi connectivity index (χ0v) is 11.2. The lowest BCUT2D eigenvalue weighted by Crippen LogP contribution is -2.05. The highest BCUT2D eigenvalue weighted by molar-refractivity contribution is 6.35. The fourth-order valence-corrected chi connectivity index (χ4v) is 1.95. The van der Waals surface area contributed by atoms with Crippen molar-refractivity contribution in [3.63, 3.8) is 0 Å². The lowest BCUT2D eigenvalue weighted by molar-refractivity contribution is 0.0698. The molecule has 0 bridgehead atoms. The Morgan fingerprint density at radius 3 is 2.63 bits per heavy atom. The summed E-state index contributed by atoms with van der Waals surface area (Å²) in [7, 11) is 0. The Morgan fingerprint density at radius 1 is 1.21 bits per heavy atom.